The lowest BCUT2D eigenvalue weighted by molar-refractivity contribution is 0.200. The van der Waals surface area contributed by atoms with Gasteiger partial charge in [-0.1, -0.05) is 6.07 Å². The van der Waals surface area contributed by atoms with Gasteiger partial charge in [-0.05, 0) is 24.6 Å². The number of rotatable bonds is 2. The van der Waals surface area contributed by atoms with Crippen molar-refractivity contribution >= 4 is 10.9 Å². The smallest absolute Gasteiger partial charge is 0.121 e. The molecule has 2 rings (SSSR count). The summed E-state index contributed by atoms with van der Waals surface area (Å²) in [6.07, 6.45) is 1.21. The van der Waals surface area contributed by atoms with Crippen LogP contribution in [0.3, 0.4) is 0 Å². The first-order valence-corrected chi connectivity index (χ1v) is 4.83. The molecular formula is C12H13NO2. The SMILES string of the molecule is COc1cc(C(C)O)c2cccnc2c1. The van der Waals surface area contributed by atoms with E-state index in [2.05, 4.69) is 4.98 Å². The van der Waals surface area contributed by atoms with E-state index < -0.39 is 6.10 Å². The number of pyridine rings is 1. The van der Waals surface area contributed by atoms with E-state index in [1.807, 2.05) is 24.3 Å². The minimum atomic E-state index is -0.521. The van der Waals surface area contributed by atoms with Crippen molar-refractivity contribution in [3.05, 3.63) is 36.0 Å². The highest BCUT2D eigenvalue weighted by Crippen LogP contribution is 2.27. The number of aliphatic hydroxyl groups excluding tert-OH is 1. The second-order valence-corrected chi connectivity index (χ2v) is 3.46. The first kappa shape index (κ1) is 9.93. The second kappa shape index (κ2) is 3.87. The van der Waals surface area contributed by atoms with Crippen LogP contribution in [0.15, 0.2) is 30.5 Å². The van der Waals surface area contributed by atoms with E-state index in [1.54, 1.807) is 20.2 Å². The highest BCUT2D eigenvalue weighted by molar-refractivity contribution is 5.84. The standard InChI is InChI=1S/C12H13NO2/c1-8(14)11-6-9(15-2)7-12-10(11)4-3-5-13-12/h3-8,14H,1-2H3. The molecule has 0 radical (unpaired) electrons. The number of methoxy groups -OCH3 is 1. The summed E-state index contributed by atoms with van der Waals surface area (Å²) in [6, 6.07) is 7.51. The van der Waals surface area contributed by atoms with Crippen molar-refractivity contribution in [1.82, 2.24) is 4.98 Å². The van der Waals surface area contributed by atoms with Gasteiger partial charge in [0.25, 0.3) is 0 Å². The molecule has 0 aliphatic rings. The average molecular weight is 203 g/mol. The number of aliphatic hydroxyl groups is 1. The molecule has 0 saturated heterocycles. The van der Waals surface area contributed by atoms with E-state index in [9.17, 15) is 5.11 Å². The van der Waals surface area contributed by atoms with Crippen LogP contribution >= 0.6 is 0 Å². The largest absolute Gasteiger partial charge is 0.497 e. The topological polar surface area (TPSA) is 42.4 Å². The molecule has 15 heavy (non-hydrogen) atoms. The zero-order chi connectivity index (χ0) is 10.8. The van der Waals surface area contributed by atoms with Crippen molar-refractivity contribution < 1.29 is 9.84 Å². The molecular weight excluding hydrogens is 190 g/mol. The van der Waals surface area contributed by atoms with Crippen LogP contribution in [0, 0.1) is 0 Å². The fraction of sp³-hybridized carbons (Fsp3) is 0.250. The van der Waals surface area contributed by atoms with Crippen LogP contribution in [0.5, 0.6) is 5.75 Å². The van der Waals surface area contributed by atoms with Gasteiger partial charge in [0.1, 0.15) is 5.75 Å². The van der Waals surface area contributed by atoms with Crippen LogP contribution in [0.4, 0.5) is 0 Å². The van der Waals surface area contributed by atoms with Gasteiger partial charge < -0.3 is 9.84 Å². The summed E-state index contributed by atoms with van der Waals surface area (Å²) in [5, 5.41) is 10.6. The zero-order valence-electron chi connectivity index (χ0n) is 8.77. The lowest BCUT2D eigenvalue weighted by atomic mass is 10.0. The summed E-state index contributed by atoms with van der Waals surface area (Å²) in [7, 11) is 1.61. The van der Waals surface area contributed by atoms with Gasteiger partial charge in [0.05, 0.1) is 18.7 Å². The maximum absolute atomic E-state index is 9.66. The molecule has 0 aliphatic carbocycles. The molecule has 1 atom stereocenters. The molecule has 3 heteroatoms. The fourth-order valence-corrected chi connectivity index (χ4v) is 1.65. The predicted molar refractivity (Wildman–Crippen MR) is 58.9 cm³/mol. The van der Waals surface area contributed by atoms with E-state index in [-0.39, 0.29) is 0 Å². The number of fused-ring (bicyclic) bond motifs is 1. The molecule has 0 fully saturated rings. The summed E-state index contributed by atoms with van der Waals surface area (Å²) in [5.74, 6) is 0.720. The van der Waals surface area contributed by atoms with Gasteiger partial charge in [-0.15, -0.1) is 0 Å². The van der Waals surface area contributed by atoms with Gasteiger partial charge in [0.2, 0.25) is 0 Å². The van der Waals surface area contributed by atoms with Crippen LogP contribution in [0.25, 0.3) is 10.9 Å². The van der Waals surface area contributed by atoms with Crippen LogP contribution in [-0.4, -0.2) is 17.2 Å². The second-order valence-electron chi connectivity index (χ2n) is 3.46. The molecule has 1 aromatic carbocycles. The van der Waals surface area contributed by atoms with Gasteiger partial charge in [-0.3, -0.25) is 4.98 Å². The van der Waals surface area contributed by atoms with Crippen molar-refractivity contribution in [2.24, 2.45) is 0 Å². The summed E-state index contributed by atoms with van der Waals surface area (Å²) in [6.45, 7) is 1.74. The van der Waals surface area contributed by atoms with E-state index in [0.717, 1.165) is 22.2 Å². The third kappa shape index (κ3) is 1.78. The van der Waals surface area contributed by atoms with E-state index in [0.29, 0.717) is 0 Å². The Labute approximate surface area is 88.3 Å². The maximum Gasteiger partial charge on any atom is 0.121 e. The van der Waals surface area contributed by atoms with Crippen LogP contribution in [0.2, 0.25) is 0 Å². The first-order valence-electron chi connectivity index (χ1n) is 4.83. The van der Waals surface area contributed by atoms with E-state index in [1.165, 1.54) is 0 Å². The molecule has 0 saturated carbocycles. The summed E-state index contributed by atoms with van der Waals surface area (Å²) >= 11 is 0. The highest BCUT2D eigenvalue weighted by Gasteiger charge is 2.09. The Bertz CT molecular complexity index is 480. The van der Waals surface area contributed by atoms with Gasteiger partial charge in [-0.25, -0.2) is 0 Å². The quantitative estimate of drug-likeness (QED) is 0.814. The van der Waals surface area contributed by atoms with Gasteiger partial charge in [0, 0.05) is 17.6 Å². The molecule has 1 N–H and O–H groups in total. The number of benzene rings is 1. The maximum atomic E-state index is 9.66. The van der Waals surface area contributed by atoms with Crippen LogP contribution in [0.1, 0.15) is 18.6 Å². The van der Waals surface area contributed by atoms with Gasteiger partial charge in [-0.2, -0.15) is 0 Å². The molecule has 1 aromatic heterocycles. The Balaban J connectivity index is 2.74. The molecule has 3 nitrogen and oxygen atoms in total. The minimum Gasteiger partial charge on any atom is -0.497 e. The van der Waals surface area contributed by atoms with Crippen molar-refractivity contribution in [1.29, 1.82) is 0 Å². The van der Waals surface area contributed by atoms with Crippen molar-refractivity contribution in [3.63, 3.8) is 0 Å². The third-order valence-electron chi connectivity index (χ3n) is 2.41. The lowest BCUT2D eigenvalue weighted by Gasteiger charge is -2.10. The van der Waals surface area contributed by atoms with Crippen molar-refractivity contribution in [2.45, 2.75) is 13.0 Å². The number of nitrogens with zero attached hydrogens (tertiary/aromatic N) is 1. The number of hydrogen-bond donors (Lipinski definition) is 1. The van der Waals surface area contributed by atoms with Crippen molar-refractivity contribution in [2.75, 3.05) is 7.11 Å². The Hall–Kier alpha value is -1.61. The molecule has 0 amide bonds. The van der Waals surface area contributed by atoms with Crippen LogP contribution in [-0.2, 0) is 0 Å². The van der Waals surface area contributed by atoms with Gasteiger partial charge in [0.15, 0.2) is 0 Å². The van der Waals surface area contributed by atoms with Crippen LogP contribution < -0.4 is 4.74 Å². The number of aromatic nitrogens is 1. The Morgan fingerprint density at radius 2 is 2.20 bits per heavy atom. The highest BCUT2D eigenvalue weighted by atomic mass is 16.5. The fourth-order valence-electron chi connectivity index (χ4n) is 1.65. The molecule has 1 heterocycles. The molecule has 1 unspecified atom stereocenters. The lowest BCUT2D eigenvalue weighted by Crippen LogP contribution is -1.95. The summed E-state index contributed by atoms with van der Waals surface area (Å²) < 4.78 is 5.16. The summed E-state index contributed by atoms with van der Waals surface area (Å²) in [4.78, 5) is 4.24. The third-order valence-corrected chi connectivity index (χ3v) is 2.41. The Morgan fingerprint density at radius 1 is 1.40 bits per heavy atom. The zero-order valence-corrected chi connectivity index (χ0v) is 8.77. The Morgan fingerprint density at radius 3 is 2.87 bits per heavy atom. The van der Waals surface area contributed by atoms with E-state index >= 15 is 0 Å². The predicted octanol–water partition coefficient (Wildman–Crippen LogP) is 2.30. The molecule has 0 spiro atoms. The molecule has 0 aliphatic heterocycles. The minimum absolute atomic E-state index is 0.521. The number of ether oxygens (including phenoxy) is 1. The molecule has 78 valence electrons. The first-order chi connectivity index (χ1) is 7.22. The normalized spacial score (nSPS) is 12.7. The van der Waals surface area contributed by atoms with Gasteiger partial charge >= 0.3 is 0 Å². The van der Waals surface area contributed by atoms with Crippen molar-refractivity contribution in [3.8, 4) is 5.75 Å². The van der Waals surface area contributed by atoms with E-state index in [4.69, 9.17) is 4.74 Å². The molecule has 2 aromatic rings. The summed E-state index contributed by atoms with van der Waals surface area (Å²) in [5.41, 5.74) is 1.69. The Kier molecular flexibility index (Phi) is 2.56. The molecule has 0 bridgehead atoms. The average Bonchev–Trinajstić information content (AvgIpc) is 2.27. The monoisotopic (exact) mass is 203 g/mol. The number of hydrogen-bond acceptors (Lipinski definition) is 3.